The minimum atomic E-state index is 0.405. The van der Waals surface area contributed by atoms with E-state index in [0.717, 1.165) is 19.6 Å². The van der Waals surface area contributed by atoms with Crippen molar-refractivity contribution in [3.63, 3.8) is 0 Å². The molecule has 2 heteroatoms. The van der Waals surface area contributed by atoms with E-state index in [1.807, 2.05) is 0 Å². The van der Waals surface area contributed by atoms with Crippen LogP contribution in [-0.4, -0.2) is 19.3 Å². The van der Waals surface area contributed by atoms with Gasteiger partial charge in [-0.3, -0.25) is 0 Å². The summed E-state index contributed by atoms with van der Waals surface area (Å²) in [6, 6.07) is 5.46. The summed E-state index contributed by atoms with van der Waals surface area (Å²) in [5, 5.41) is 3.67. The van der Waals surface area contributed by atoms with Gasteiger partial charge in [-0.1, -0.05) is 17.7 Å². The molecule has 2 atom stereocenters. The van der Waals surface area contributed by atoms with Gasteiger partial charge in [0, 0.05) is 18.7 Å². The maximum Gasteiger partial charge on any atom is 0.0620 e. The molecule has 1 saturated heterocycles. The highest BCUT2D eigenvalue weighted by molar-refractivity contribution is 5.39. The second-order valence-electron chi connectivity index (χ2n) is 5.26. The average molecular weight is 233 g/mol. The van der Waals surface area contributed by atoms with E-state index in [0.29, 0.717) is 12.1 Å². The third-order valence-electron chi connectivity index (χ3n) is 3.59. The Morgan fingerprint density at radius 3 is 2.41 bits per heavy atom. The zero-order valence-corrected chi connectivity index (χ0v) is 11.3. The smallest absolute Gasteiger partial charge is 0.0620 e. The number of ether oxygens (including phenoxy) is 1. The van der Waals surface area contributed by atoms with E-state index < -0.39 is 0 Å². The fourth-order valence-electron chi connectivity index (χ4n) is 2.98. The van der Waals surface area contributed by atoms with Crippen molar-refractivity contribution < 1.29 is 4.74 Å². The number of aryl methyl sites for hydroxylation is 3. The first-order valence-corrected chi connectivity index (χ1v) is 6.49. The Kier molecular flexibility index (Phi) is 3.85. The van der Waals surface area contributed by atoms with Crippen LogP contribution in [0, 0.1) is 20.8 Å². The van der Waals surface area contributed by atoms with Crippen LogP contribution in [-0.2, 0) is 4.74 Å². The minimum Gasteiger partial charge on any atom is -0.380 e. The molecule has 0 aromatic heterocycles. The number of hydrogen-bond acceptors (Lipinski definition) is 2. The lowest BCUT2D eigenvalue weighted by Crippen LogP contribution is -2.32. The molecule has 0 radical (unpaired) electrons. The SMILES string of the molecule is Cc1cc(C)c(C(C)NC2CCOC2)c(C)c1. The summed E-state index contributed by atoms with van der Waals surface area (Å²) >= 11 is 0. The fourth-order valence-corrected chi connectivity index (χ4v) is 2.98. The van der Waals surface area contributed by atoms with E-state index >= 15 is 0 Å². The molecule has 94 valence electrons. The summed E-state index contributed by atoms with van der Waals surface area (Å²) in [5.41, 5.74) is 5.57. The lowest BCUT2D eigenvalue weighted by Gasteiger charge is -2.22. The molecule has 17 heavy (non-hydrogen) atoms. The van der Waals surface area contributed by atoms with E-state index in [4.69, 9.17) is 4.74 Å². The van der Waals surface area contributed by atoms with Crippen LogP contribution in [0.15, 0.2) is 12.1 Å². The maximum atomic E-state index is 5.41. The van der Waals surface area contributed by atoms with Gasteiger partial charge in [-0.15, -0.1) is 0 Å². The zero-order valence-electron chi connectivity index (χ0n) is 11.3. The molecule has 1 fully saturated rings. The Bertz CT molecular complexity index is 371. The van der Waals surface area contributed by atoms with Crippen molar-refractivity contribution in [1.29, 1.82) is 0 Å². The quantitative estimate of drug-likeness (QED) is 0.866. The van der Waals surface area contributed by atoms with Gasteiger partial charge < -0.3 is 10.1 Å². The van der Waals surface area contributed by atoms with E-state index in [1.165, 1.54) is 22.3 Å². The van der Waals surface area contributed by atoms with Crippen molar-refractivity contribution in [2.45, 2.75) is 46.2 Å². The van der Waals surface area contributed by atoms with Gasteiger partial charge in [-0.2, -0.15) is 0 Å². The molecule has 2 nitrogen and oxygen atoms in total. The molecule has 2 rings (SSSR count). The summed E-state index contributed by atoms with van der Waals surface area (Å²) in [6.45, 7) is 10.6. The first-order valence-electron chi connectivity index (χ1n) is 6.49. The largest absolute Gasteiger partial charge is 0.380 e. The van der Waals surface area contributed by atoms with Crippen LogP contribution in [0.2, 0.25) is 0 Å². The van der Waals surface area contributed by atoms with Crippen molar-refractivity contribution in [2.24, 2.45) is 0 Å². The van der Waals surface area contributed by atoms with Crippen molar-refractivity contribution in [2.75, 3.05) is 13.2 Å². The van der Waals surface area contributed by atoms with E-state index in [9.17, 15) is 0 Å². The van der Waals surface area contributed by atoms with Crippen LogP contribution in [0.3, 0.4) is 0 Å². The Morgan fingerprint density at radius 1 is 1.24 bits per heavy atom. The molecule has 0 aliphatic carbocycles. The molecule has 1 aromatic carbocycles. The Labute approximate surface area is 104 Å². The van der Waals surface area contributed by atoms with Crippen molar-refractivity contribution in [1.82, 2.24) is 5.32 Å². The maximum absolute atomic E-state index is 5.41. The van der Waals surface area contributed by atoms with Crippen LogP contribution in [0.5, 0.6) is 0 Å². The normalized spacial score (nSPS) is 21.8. The molecule has 2 unspecified atom stereocenters. The summed E-state index contributed by atoms with van der Waals surface area (Å²) in [6.07, 6.45) is 1.13. The second kappa shape index (κ2) is 5.19. The van der Waals surface area contributed by atoms with Gasteiger partial charge in [0.15, 0.2) is 0 Å². The Hall–Kier alpha value is -0.860. The zero-order chi connectivity index (χ0) is 12.4. The standard InChI is InChI=1S/C15H23NO/c1-10-7-11(2)15(12(3)8-10)13(4)16-14-5-6-17-9-14/h7-8,13-14,16H,5-6,9H2,1-4H3. The van der Waals surface area contributed by atoms with Crippen molar-refractivity contribution >= 4 is 0 Å². The van der Waals surface area contributed by atoms with Crippen LogP contribution in [0.25, 0.3) is 0 Å². The molecular formula is C15H23NO. The third-order valence-corrected chi connectivity index (χ3v) is 3.59. The Morgan fingerprint density at radius 2 is 1.88 bits per heavy atom. The predicted octanol–water partition coefficient (Wildman–Crippen LogP) is 3.05. The summed E-state index contributed by atoms with van der Waals surface area (Å²) in [4.78, 5) is 0. The number of nitrogens with one attached hydrogen (secondary N) is 1. The van der Waals surface area contributed by atoms with Crippen molar-refractivity contribution in [3.05, 3.63) is 34.4 Å². The molecule has 1 heterocycles. The van der Waals surface area contributed by atoms with Crippen LogP contribution < -0.4 is 5.32 Å². The first-order chi connectivity index (χ1) is 8.08. The first kappa shape index (κ1) is 12.6. The topological polar surface area (TPSA) is 21.3 Å². The summed E-state index contributed by atoms with van der Waals surface area (Å²) < 4.78 is 5.41. The average Bonchev–Trinajstić information content (AvgIpc) is 2.68. The van der Waals surface area contributed by atoms with Crippen LogP contribution in [0.4, 0.5) is 0 Å². The summed E-state index contributed by atoms with van der Waals surface area (Å²) in [5.74, 6) is 0. The highest BCUT2D eigenvalue weighted by Crippen LogP contribution is 2.24. The molecule has 0 spiro atoms. The molecule has 0 saturated carbocycles. The number of rotatable bonds is 3. The van der Waals surface area contributed by atoms with Gasteiger partial charge in [0.2, 0.25) is 0 Å². The second-order valence-corrected chi connectivity index (χ2v) is 5.26. The van der Waals surface area contributed by atoms with Gasteiger partial charge in [0.1, 0.15) is 0 Å². The predicted molar refractivity (Wildman–Crippen MR) is 71.4 cm³/mol. The number of benzene rings is 1. The summed E-state index contributed by atoms with van der Waals surface area (Å²) in [7, 11) is 0. The molecule has 1 aromatic rings. The fraction of sp³-hybridized carbons (Fsp3) is 0.600. The Balaban J connectivity index is 2.15. The lowest BCUT2D eigenvalue weighted by atomic mass is 9.94. The molecular weight excluding hydrogens is 210 g/mol. The number of hydrogen-bond donors (Lipinski definition) is 1. The van der Waals surface area contributed by atoms with E-state index in [2.05, 4.69) is 45.1 Å². The van der Waals surface area contributed by atoms with Crippen LogP contribution in [0.1, 0.15) is 41.6 Å². The molecule has 1 N–H and O–H groups in total. The van der Waals surface area contributed by atoms with Crippen LogP contribution >= 0.6 is 0 Å². The highest BCUT2D eigenvalue weighted by atomic mass is 16.5. The molecule has 1 aliphatic rings. The van der Waals surface area contributed by atoms with Gasteiger partial charge in [0.25, 0.3) is 0 Å². The molecule has 0 bridgehead atoms. The lowest BCUT2D eigenvalue weighted by molar-refractivity contribution is 0.188. The molecule has 1 aliphatic heterocycles. The molecule has 0 amide bonds. The van der Waals surface area contributed by atoms with Crippen molar-refractivity contribution in [3.8, 4) is 0 Å². The minimum absolute atomic E-state index is 0.405. The van der Waals surface area contributed by atoms with Gasteiger partial charge in [0.05, 0.1) is 6.61 Å². The monoisotopic (exact) mass is 233 g/mol. The van der Waals surface area contributed by atoms with Gasteiger partial charge in [-0.25, -0.2) is 0 Å². The van der Waals surface area contributed by atoms with Gasteiger partial charge in [-0.05, 0) is 50.8 Å². The van der Waals surface area contributed by atoms with Gasteiger partial charge >= 0.3 is 0 Å². The highest BCUT2D eigenvalue weighted by Gasteiger charge is 2.20. The van der Waals surface area contributed by atoms with E-state index in [-0.39, 0.29) is 0 Å². The third kappa shape index (κ3) is 2.88. The van der Waals surface area contributed by atoms with E-state index in [1.54, 1.807) is 0 Å².